The normalized spacial score (nSPS) is 23.3. The Labute approximate surface area is 125 Å². The van der Waals surface area contributed by atoms with Crippen LogP contribution in [0.25, 0.3) is 0 Å². The largest absolute Gasteiger partial charge is 0.382 e. The fraction of sp³-hybridized carbons (Fsp3) is 0.562. The zero-order valence-corrected chi connectivity index (χ0v) is 12.3. The molecule has 0 bridgehead atoms. The number of rotatable bonds is 3. The highest BCUT2D eigenvalue weighted by Gasteiger charge is 2.17. The quantitative estimate of drug-likeness (QED) is 0.887. The number of nitrogens with one attached hydrogen (secondary N) is 2. The second-order valence-corrected chi connectivity index (χ2v) is 5.68. The summed E-state index contributed by atoms with van der Waals surface area (Å²) in [4.78, 5) is 13.9. The average molecular weight is 289 g/mol. The van der Waals surface area contributed by atoms with Gasteiger partial charge < -0.3 is 20.3 Å². The van der Waals surface area contributed by atoms with Crippen LogP contribution in [0.4, 0.5) is 11.4 Å². The first-order chi connectivity index (χ1) is 10.3. The predicted molar refractivity (Wildman–Crippen MR) is 83.7 cm³/mol. The van der Waals surface area contributed by atoms with Gasteiger partial charge in [0.25, 0.3) is 0 Å². The van der Waals surface area contributed by atoms with E-state index in [1.807, 2.05) is 0 Å². The number of carbonyl (C=O) groups is 1. The van der Waals surface area contributed by atoms with Crippen LogP contribution in [0.5, 0.6) is 0 Å². The number of nitrogens with zero attached hydrogens (tertiary/aromatic N) is 1. The minimum atomic E-state index is 0.148. The summed E-state index contributed by atoms with van der Waals surface area (Å²) in [5.41, 5.74) is 2.33. The molecule has 2 aliphatic rings. The summed E-state index contributed by atoms with van der Waals surface area (Å²) >= 11 is 0. The number of ether oxygens (including phenoxy) is 1. The monoisotopic (exact) mass is 289 g/mol. The van der Waals surface area contributed by atoms with Crippen LogP contribution in [0, 0.1) is 0 Å². The zero-order chi connectivity index (χ0) is 14.5. The van der Waals surface area contributed by atoms with Crippen LogP contribution < -0.4 is 15.5 Å². The van der Waals surface area contributed by atoms with E-state index in [4.69, 9.17) is 4.74 Å². The highest BCUT2D eigenvalue weighted by Crippen LogP contribution is 2.21. The van der Waals surface area contributed by atoms with Gasteiger partial charge in [0.2, 0.25) is 5.91 Å². The summed E-state index contributed by atoms with van der Waals surface area (Å²) in [5, 5.41) is 6.39. The number of carbonyl (C=O) groups excluding carboxylic acids is 1. The molecule has 2 aliphatic heterocycles. The summed E-state index contributed by atoms with van der Waals surface area (Å²) in [6.45, 7) is 4.31. The Morgan fingerprint density at radius 3 is 2.71 bits per heavy atom. The lowest BCUT2D eigenvalue weighted by atomic mass is 10.1. The van der Waals surface area contributed by atoms with E-state index < -0.39 is 0 Å². The number of hydrogen-bond donors (Lipinski definition) is 2. The molecule has 0 aromatic heterocycles. The van der Waals surface area contributed by atoms with Crippen LogP contribution in [-0.2, 0) is 9.53 Å². The second-order valence-electron chi connectivity index (χ2n) is 5.68. The van der Waals surface area contributed by atoms with Gasteiger partial charge in [-0.15, -0.1) is 0 Å². The van der Waals surface area contributed by atoms with E-state index in [9.17, 15) is 4.79 Å². The summed E-state index contributed by atoms with van der Waals surface area (Å²) in [6, 6.07) is 8.73. The molecule has 2 fully saturated rings. The van der Waals surface area contributed by atoms with Crippen molar-refractivity contribution < 1.29 is 9.53 Å². The van der Waals surface area contributed by atoms with Gasteiger partial charge in [0.05, 0.1) is 13.2 Å². The van der Waals surface area contributed by atoms with E-state index >= 15 is 0 Å². The van der Waals surface area contributed by atoms with Crippen LogP contribution in [0.2, 0.25) is 0 Å². The van der Waals surface area contributed by atoms with Gasteiger partial charge >= 0.3 is 0 Å². The van der Waals surface area contributed by atoms with Gasteiger partial charge in [0, 0.05) is 43.5 Å². The van der Waals surface area contributed by atoms with Gasteiger partial charge in [-0.1, -0.05) is 0 Å². The van der Waals surface area contributed by atoms with Gasteiger partial charge in [-0.2, -0.15) is 0 Å². The highest BCUT2D eigenvalue weighted by molar-refractivity contribution is 5.77. The topological polar surface area (TPSA) is 53.6 Å². The third-order valence-electron chi connectivity index (χ3n) is 4.10. The van der Waals surface area contributed by atoms with E-state index in [1.165, 1.54) is 5.69 Å². The van der Waals surface area contributed by atoms with Crippen LogP contribution in [0.3, 0.4) is 0 Å². The molecule has 5 nitrogen and oxygen atoms in total. The van der Waals surface area contributed by atoms with Crippen molar-refractivity contribution in [2.24, 2.45) is 0 Å². The molecule has 1 amide bonds. The molecule has 1 aromatic carbocycles. The van der Waals surface area contributed by atoms with Crippen molar-refractivity contribution in [1.82, 2.24) is 5.32 Å². The third kappa shape index (κ3) is 3.88. The van der Waals surface area contributed by atoms with Gasteiger partial charge in [-0.25, -0.2) is 0 Å². The van der Waals surface area contributed by atoms with Crippen LogP contribution in [0.1, 0.15) is 19.3 Å². The van der Waals surface area contributed by atoms with E-state index in [0.29, 0.717) is 6.42 Å². The van der Waals surface area contributed by atoms with Crippen molar-refractivity contribution in [2.45, 2.75) is 25.3 Å². The molecule has 0 saturated carbocycles. The molecule has 2 saturated heterocycles. The van der Waals surface area contributed by atoms with Gasteiger partial charge in [-0.3, -0.25) is 4.79 Å². The van der Waals surface area contributed by atoms with Gasteiger partial charge in [0.15, 0.2) is 0 Å². The Hall–Kier alpha value is -1.75. The number of morpholine rings is 1. The number of benzene rings is 1. The molecular weight excluding hydrogens is 266 g/mol. The van der Waals surface area contributed by atoms with Crippen molar-refractivity contribution in [2.75, 3.05) is 43.1 Å². The summed E-state index contributed by atoms with van der Waals surface area (Å²) in [7, 11) is 0. The van der Waals surface area contributed by atoms with E-state index in [-0.39, 0.29) is 11.9 Å². The molecule has 3 rings (SSSR count). The molecule has 1 aromatic rings. The molecule has 0 aliphatic carbocycles. The van der Waals surface area contributed by atoms with Crippen LogP contribution in [0.15, 0.2) is 24.3 Å². The van der Waals surface area contributed by atoms with Crippen molar-refractivity contribution in [3.8, 4) is 0 Å². The second kappa shape index (κ2) is 6.80. The Morgan fingerprint density at radius 1 is 1.19 bits per heavy atom. The van der Waals surface area contributed by atoms with Crippen LogP contribution >= 0.6 is 0 Å². The number of amides is 1. The zero-order valence-electron chi connectivity index (χ0n) is 12.3. The maximum atomic E-state index is 11.6. The predicted octanol–water partition coefficient (Wildman–Crippen LogP) is 1.60. The lowest BCUT2D eigenvalue weighted by Gasteiger charge is -2.29. The van der Waals surface area contributed by atoms with Crippen LogP contribution in [-0.4, -0.2) is 44.8 Å². The Balaban J connectivity index is 1.59. The third-order valence-corrected chi connectivity index (χ3v) is 4.10. The molecule has 21 heavy (non-hydrogen) atoms. The van der Waals surface area contributed by atoms with Crippen molar-refractivity contribution in [1.29, 1.82) is 0 Å². The summed E-state index contributed by atoms with van der Waals surface area (Å²) in [6.07, 6.45) is 2.63. The molecule has 2 heterocycles. The SMILES string of the molecule is O=C1CC(Nc2ccc(N3CCOCC3)cc2)CCCN1. The molecule has 1 unspecified atom stereocenters. The lowest BCUT2D eigenvalue weighted by Crippen LogP contribution is -2.36. The average Bonchev–Trinajstić information content (AvgIpc) is 2.73. The van der Waals surface area contributed by atoms with Crippen molar-refractivity contribution >= 4 is 17.3 Å². The lowest BCUT2D eigenvalue weighted by molar-refractivity contribution is -0.120. The first kappa shape index (κ1) is 14.2. The molecule has 0 radical (unpaired) electrons. The number of anilines is 2. The molecular formula is C16H23N3O2. The van der Waals surface area contributed by atoms with Crippen molar-refractivity contribution in [3.05, 3.63) is 24.3 Å². The Morgan fingerprint density at radius 2 is 1.95 bits per heavy atom. The minimum absolute atomic E-state index is 0.148. The molecule has 114 valence electrons. The van der Waals surface area contributed by atoms with Crippen molar-refractivity contribution in [3.63, 3.8) is 0 Å². The van der Waals surface area contributed by atoms with E-state index in [2.05, 4.69) is 39.8 Å². The Kier molecular flexibility index (Phi) is 4.60. The summed E-state index contributed by atoms with van der Waals surface area (Å²) < 4.78 is 5.38. The molecule has 1 atom stereocenters. The summed E-state index contributed by atoms with van der Waals surface area (Å²) in [5.74, 6) is 0.148. The maximum Gasteiger partial charge on any atom is 0.222 e. The first-order valence-electron chi connectivity index (χ1n) is 7.77. The van der Waals surface area contributed by atoms with Gasteiger partial charge in [0.1, 0.15) is 0 Å². The smallest absolute Gasteiger partial charge is 0.222 e. The Bertz CT molecular complexity index is 469. The molecule has 5 heteroatoms. The standard InChI is InChI=1S/C16H23N3O2/c20-16-12-14(2-1-7-17-16)18-13-3-5-15(6-4-13)19-8-10-21-11-9-19/h3-6,14,18H,1-2,7-12H2,(H,17,20). The molecule has 2 N–H and O–H groups in total. The van der Waals surface area contributed by atoms with Gasteiger partial charge in [-0.05, 0) is 37.1 Å². The number of hydrogen-bond acceptors (Lipinski definition) is 4. The van der Waals surface area contributed by atoms with E-state index in [0.717, 1.165) is 51.4 Å². The minimum Gasteiger partial charge on any atom is -0.382 e. The molecule has 0 spiro atoms. The fourth-order valence-corrected chi connectivity index (χ4v) is 2.92. The maximum absolute atomic E-state index is 11.6. The van der Waals surface area contributed by atoms with E-state index in [1.54, 1.807) is 0 Å². The first-order valence-corrected chi connectivity index (χ1v) is 7.77. The fourth-order valence-electron chi connectivity index (χ4n) is 2.92. The highest BCUT2D eigenvalue weighted by atomic mass is 16.5.